The van der Waals surface area contributed by atoms with Gasteiger partial charge < -0.3 is 58.1 Å². The van der Waals surface area contributed by atoms with Crippen molar-refractivity contribution in [2.24, 2.45) is 0 Å². The van der Waals surface area contributed by atoms with Crippen molar-refractivity contribution in [1.82, 2.24) is 0 Å². The molecule has 0 bridgehead atoms. The maximum Gasteiger partial charge on any atom is 0.371 e. The van der Waals surface area contributed by atoms with Crippen LogP contribution in [0.5, 0.6) is 23.0 Å². The highest BCUT2D eigenvalue weighted by Gasteiger charge is 2.46. The monoisotopic (exact) mass is 602 g/mol. The van der Waals surface area contributed by atoms with Gasteiger partial charge in [0, 0.05) is 36.1 Å². The highest BCUT2D eigenvalue weighted by atomic mass is 16.7. The molecule has 2 aromatic carbocycles. The van der Waals surface area contributed by atoms with Gasteiger partial charge in [0.2, 0.25) is 17.8 Å². The van der Waals surface area contributed by atoms with E-state index in [9.17, 15) is 39.9 Å². The Morgan fingerprint density at radius 2 is 1.53 bits per heavy atom. The predicted molar refractivity (Wildman–Crippen MR) is 143 cm³/mol. The van der Waals surface area contributed by atoms with Gasteiger partial charge in [-0.15, -0.1) is 0 Å². The summed E-state index contributed by atoms with van der Waals surface area (Å²) < 4.78 is 38.7. The summed E-state index contributed by atoms with van der Waals surface area (Å²) in [5, 5.41) is 52.1. The predicted octanol–water partition coefficient (Wildman–Crippen LogP) is 1.38. The molecule has 15 heteroatoms. The van der Waals surface area contributed by atoms with Gasteiger partial charge in [-0.1, -0.05) is 0 Å². The van der Waals surface area contributed by atoms with Crippen LogP contribution >= 0.6 is 0 Å². The number of carboxylic acids is 1. The first-order valence-electron chi connectivity index (χ1n) is 12.7. The van der Waals surface area contributed by atoms with Gasteiger partial charge in [0.1, 0.15) is 42.2 Å². The number of carbonyl (C=O) groups is 2. The van der Waals surface area contributed by atoms with Crippen LogP contribution in [0, 0.1) is 0 Å². The van der Waals surface area contributed by atoms with Gasteiger partial charge in [0.15, 0.2) is 28.4 Å². The summed E-state index contributed by atoms with van der Waals surface area (Å²) >= 11 is 0. The number of benzene rings is 2. The molecule has 2 aromatic heterocycles. The minimum absolute atomic E-state index is 0.0221. The van der Waals surface area contributed by atoms with Crippen LogP contribution in [0.3, 0.4) is 0 Å². The van der Waals surface area contributed by atoms with Crippen molar-refractivity contribution in [3.8, 4) is 34.3 Å². The Hall–Kier alpha value is -4.83. The van der Waals surface area contributed by atoms with E-state index in [1.807, 2.05) is 0 Å². The largest absolute Gasteiger partial charge is 0.502 e. The summed E-state index contributed by atoms with van der Waals surface area (Å²) in [6.45, 7) is 0.628. The fourth-order valence-electron chi connectivity index (χ4n) is 4.71. The molecular weight excluding hydrogens is 576 g/mol. The lowest BCUT2D eigenvalue weighted by Crippen LogP contribution is -2.60. The van der Waals surface area contributed by atoms with E-state index < -0.39 is 60.4 Å². The van der Waals surface area contributed by atoms with E-state index in [0.717, 1.165) is 25.1 Å². The molecule has 0 aliphatic carbocycles. The van der Waals surface area contributed by atoms with Crippen LogP contribution in [0.2, 0.25) is 0 Å². The third-order valence-electron chi connectivity index (χ3n) is 6.77. The number of rotatable bonds is 8. The van der Waals surface area contributed by atoms with Gasteiger partial charge in [0.25, 0.3) is 0 Å². The molecule has 0 spiro atoms. The summed E-state index contributed by atoms with van der Waals surface area (Å²) in [7, 11) is 2.57. The molecule has 1 aliphatic rings. The van der Waals surface area contributed by atoms with Crippen molar-refractivity contribution in [3.63, 3.8) is 0 Å². The van der Waals surface area contributed by atoms with Crippen LogP contribution < -0.4 is 19.6 Å². The Balaban J connectivity index is 1.78. The molecule has 0 radical (unpaired) electrons. The number of phenolic OH excluding ortho intramolecular Hbond substituents is 1. The number of esters is 1. The standard InChI is InChI=1S/C28H26O15/c1-10(29)39-9-19-22(32)23(33)24(34)28(42-19)43-26-13-8-18(27(35)36)40-14-6-12(30)7-15(20(13)14)41-25(26)11-4-16(37-2)21(31)17(5-11)38-3/h4-8,19,22-24,28,31-34H,9H2,1-3H3,(H,35,36)/t19-,22-,23+,24-,28+/m1/s1. The maximum absolute atomic E-state index is 12.5. The number of aromatic carboxylic acids is 1. The lowest BCUT2D eigenvalue weighted by atomic mass is 9.99. The van der Waals surface area contributed by atoms with Gasteiger partial charge in [-0.05, 0) is 12.1 Å². The summed E-state index contributed by atoms with van der Waals surface area (Å²) in [5.41, 5.74) is -0.635. The first kappa shape index (κ1) is 29.7. The van der Waals surface area contributed by atoms with Gasteiger partial charge >= 0.3 is 11.9 Å². The van der Waals surface area contributed by atoms with Gasteiger partial charge in [-0.2, -0.15) is 0 Å². The number of hydrogen-bond acceptors (Lipinski definition) is 14. The quantitative estimate of drug-likeness (QED) is 0.180. The Bertz CT molecular complexity index is 1740. The number of hydrogen-bond donors (Lipinski definition) is 5. The zero-order valence-corrected chi connectivity index (χ0v) is 22.8. The van der Waals surface area contributed by atoms with Crippen molar-refractivity contribution in [3.05, 3.63) is 46.3 Å². The van der Waals surface area contributed by atoms with Crippen LogP contribution in [0.25, 0.3) is 33.3 Å². The minimum atomic E-state index is -1.87. The number of ether oxygens (including phenoxy) is 5. The Morgan fingerprint density at radius 1 is 0.907 bits per heavy atom. The number of methoxy groups -OCH3 is 2. The second kappa shape index (κ2) is 11.4. The highest BCUT2D eigenvalue weighted by molar-refractivity contribution is 6.11. The summed E-state index contributed by atoms with van der Waals surface area (Å²) in [6, 6.07) is 5.96. The molecule has 5 atom stereocenters. The van der Waals surface area contributed by atoms with E-state index in [1.165, 1.54) is 26.4 Å². The van der Waals surface area contributed by atoms with Gasteiger partial charge in [-0.25, -0.2) is 4.79 Å². The molecule has 5 N–H and O–H groups in total. The van der Waals surface area contributed by atoms with Crippen molar-refractivity contribution in [2.75, 3.05) is 20.8 Å². The van der Waals surface area contributed by atoms with Crippen LogP contribution in [-0.2, 0) is 14.3 Å². The minimum Gasteiger partial charge on any atom is -0.502 e. The molecular formula is C28H26O15. The Kier molecular flexibility index (Phi) is 7.90. The van der Waals surface area contributed by atoms with Gasteiger partial charge in [0.05, 0.1) is 19.6 Å². The molecule has 0 amide bonds. The first-order valence-corrected chi connectivity index (χ1v) is 12.7. The van der Waals surface area contributed by atoms with Crippen LogP contribution in [0.1, 0.15) is 17.5 Å². The number of carboxylic acid groups (broad SMARTS) is 1. The SMILES string of the molecule is COc1cc(-c2oc3cc(=O)cc4oc(C(=O)O)cc(c2O[C@@H]2O[C@H](COC(C)=O)[C@@H](O)[C@H](O)[C@H]2O)c43)cc(OC)c1O. The molecule has 1 saturated heterocycles. The molecule has 5 rings (SSSR count). The van der Waals surface area contributed by atoms with Crippen molar-refractivity contribution < 1.29 is 67.6 Å². The number of aliphatic hydroxyl groups is 3. The maximum atomic E-state index is 12.5. The average Bonchev–Trinajstić information content (AvgIpc) is 2.97. The van der Waals surface area contributed by atoms with E-state index in [-0.39, 0.29) is 56.3 Å². The number of aliphatic hydroxyl groups excluding tert-OH is 3. The van der Waals surface area contributed by atoms with E-state index in [1.54, 1.807) is 0 Å². The van der Waals surface area contributed by atoms with Crippen molar-refractivity contribution in [2.45, 2.75) is 37.6 Å². The number of aromatic hydroxyl groups is 1. The molecule has 1 aliphatic heterocycles. The first-order chi connectivity index (χ1) is 20.4. The Morgan fingerprint density at radius 3 is 2.12 bits per heavy atom. The Labute approximate surface area is 240 Å². The number of phenols is 1. The molecule has 3 heterocycles. The number of carbonyl (C=O) groups excluding carboxylic acids is 1. The van der Waals surface area contributed by atoms with Crippen molar-refractivity contribution >= 4 is 33.9 Å². The van der Waals surface area contributed by atoms with Gasteiger partial charge in [-0.3, -0.25) is 9.59 Å². The average molecular weight is 603 g/mol. The normalized spacial score (nSPS) is 22.0. The zero-order valence-electron chi connectivity index (χ0n) is 22.8. The zero-order chi connectivity index (χ0) is 31.2. The second-order valence-corrected chi connectivity index (χ2v) is 9.55. The summed E-state index contributed by atoms with van der Waals surface area (Å²) in [5.74, 6) is -3.65. The third kappa shape index (κ3) is 5.41. The van der Waals surface area contributed by atoms with Crippen LogP contribution in [0.15, 0.2) is 44.0 Å². The molecule has 4 aromatic rings. The summed E-state index contributed by atoms with van der Waals surface area (Å²) in [6.07, 6.45) is -8.44. The lowest BCUT2D eigenvalue weighted by molar-refractivity contribution is -0.278. The molecule has 43 heavy (non-hydrogen) atoms. The third-order valence-corrected chi connectivity index (χ3v) is 6.77. The van der Waals surface area contributed by atoms with Crippen LogP contribution in [-0.4, -0.2) is 89.0 Å². The fraction of sp³-hybridized carbons (Fsp3) is 0.321. The van der Waals surface area contributed by atoms with E-state index in [0.29, 0.717) is 0 Å². The van der Waals surface area contributed by atoms with Crippen LogP contribution in [0.4, 0.5) is 0 Å². The second-order valence-electron chi connectivity index (χ2n) is 9.55. The molecule has 228 valence electrons. The van der Waals surface area contributed by atoms with E-state index >= 15 is 0 Å². The fourth-order valence-corrected chi connectivity index (χ4v) is 4.71. The van der Waals surface area contributed by atoms with E-state index in [2.05, 4.69) is 0 Å². The smallest absolute Gasteiger partial charge is 0.371 e. The topological polar surface area (TPSA) is 225 Å². The lowest BCUT2D eigenvalue weighted by Gasteiger charge is -2.40. The van der Waals surface area contributed by atoms with Crippen molar-refractivity contribution in [1.29, 1.82) is 0 Å². The molecule has 0 unspecified atom stereocenters. The molecule has 1 fully saturated rings. The highest BCUT2D eigenvalue weighted by Crippen LogP contribution is 2.47. The summed E-state index contributed by atoms with van der Waals surface area (Å²) in [4.78, 5) is 35.8. The molecule has 15 nitrogen and oxygen atoms in total. The molecule has 0 saturated carbocycles. The van der Waals surface area contributed by atoms with E-state index in [4.69, 9.17) is 32.5 Å².